The van der Waals surface area contributed by atoms with Crippen LogP contribution in [0.2, 0.25) is 0 Å². The molecule has 94 valence electrons. The number of rotatable bonds is 3. The normalized spacial score (nSPS) is 10.6. The van der Waals surface area contributed by atoms with E-state index in [9.17, 15) is 0 Å². The Morgan fingerprint density at radius 3 is 2.50 bits per heavy atom. The third kappa shape index (κ3) is 2.59. The van der Waals surface area contributed by atoms with E-state index in [1.54, 1.807) is 0 Å². The van der Waals surface area contributed by atoms with Crippen molar-refractivity contribution in [2.45, 2.75) is 27.3 Å². The third-order valence-corrected chi connectivity index (χ3v) is 3.29. The van der Waals surface area contributed by atoms with Gasteiger partial charge in [-0.2, -0.15) is 5.10 Å². The minimum atomic E-state index is 0.441. The van der Waals surface area contributed by atoms with Gasteiger partial charge in [0.05, 0.1) is 12.2 Å². The van der Waals surface area contributed by atoms with Gasteiger partial charge in [-0.1, -0.05) is 24.4 Å². The Hall–Kier alpha value is -1.68. The molecule has 0 radical (unpaired) electrons. The molecule has 1 heterocycles. The van der Waals surface area contributed by atoms with Crippen molar-refractivity contribution in [2.75, 3.05) is 0 Å². The first-order chi connectivity index (χ1) is 8.47. The minimum Gasteiger partial charge on any atom is -0.389 e. The zero-order valence-corrected chi connectivity index (χ0v) is 11.7. The van der Waals surface area contributed by atoms with E-state index in [0.29, 0.717) is 4.99 Å². The Morgan fingerprint density at radius 1 is 1.28 bits per heavy atom. The van der Waals surface area contributed by atoms with Gasteiger partial charge in [-0.05, 0) is 44.0 Å². The Bertz CT molecular complexity index is 599. The topological polar surface area (TPSA) is 43.8 Å². The van der Waals surface area contributed by atoms with Gasteiger partial charge in [-0.25, -0.2) is 0 Å². The van der Waals surface area contributed by atoms with E-state index in [4.69, 9.17) is 18.0 Å². The van der Waals surface area contributed by atoms with Gasteiger partial charge in [-0.3, -0.25) is 4.68 Å². The molecule has 0 bridgehead atoms. The average molecular weight is 259 g/mol. The van der Waals surface area contributed by atoms with Crippen molar-refractivity contribution in [3.63, 3.8) is 0 Å². The molecule has 0 aliphatic carbocycles. The molecule has 0 spiro atoms. The maximum atomic E-state index is 5.63. The number of thiocarbonyl (C=S) groups is 1. The molecule has 2 rings (SSSR count). The summed E-state index contributed by atoms with van der Waals surface area (Å²) in [4.78, 5) is 0.441. The zero-order valence-electron chi connectivity index (χ0n) is 10.9. The molecule has 0 aliphatic rings. The quantitative estimate of drug-likeness (QED) is 0.861. The van der Waals surface area contributed by atoms with Crippen molar-refractivity contribution in [3.05, 3.63) is 52.3 Å². The van der Waals surface area contributed by atoms with Crippen LogP contribution >= 0.6 is 12.2 Å². The fourth-order valence-corrected chi connectivity index (χ4v) is 2.15. The van der Waals surface area contributed by atoms with Crippen LogP contribution < -0.4 is 5.73 Å². The van der Waals surface area contributed by atoms with Crippen LogP contribution in [0.25, 0.3) is 0 Å². The second kappa shape index (κ2) is 4.90. The molecule has 3 nitrogen and oxygen atoms in total. The molecule has 2 aromatic rings. The van der Waals surface area contributed by atoms with E-state index in [2.05, 4.69) is 31.1 Å². The van der Waals surface area contributed by atoms with Crippen LogP contribution in [-0.2, 0) is 6.54 Å². The predicted molar refractivity (Wildman–Crippen MR) is 77.9 cm³/mol. The van der Waals surface area contributed by atoms with Crippen molar-refractivity contribution in [1.82, 2.24) is 9.78 Å². The molecule has 2 N–H and O–H groups in total. The van der Waals surface area contributed by atoms with E-state index in [1.807, 2.05) is 23.7 Å². The maximum Gasteiger partial charge on any atom is 0.103 e. The molecule has 1 aromatic heterocycles. The number of hydrogen-bond donors (Lipinski definition) is 1. The molecule has 0 saturated carbocycles. The molecular formula is C14H17N3S. The summed E-state index contributed by atoms with van der Waals surface area (Å²) in [5.41, 5.74) is 11.2. The SMILES string of the molecule is Cc1cc(C)n(Cc2ccc(C(N)=S)cc2C)n1. The van der Waals surface area contributed by atoms with E-state index < -0.39 is 0 Å². The Morgan fingerprint density at radius 2 is 2.00 bits per heavy atom. The fourth-order valence-electron chi connectivity index (χ4n) is 2.02. The van der Waals surface area contributed by atoms with Crippen LogP contribution in [0.5, 0.6) is 0 Å². The van der Waals surface area contributed by atoms with Gasteiger partial charge in [-0.15, -0.1) is 0 Å². The number of hydrogen-bond acceptors (Lipinski definition) is 2. The second-order valence-corrected chi connectivity index (χ2v) is 5.03. The highest BCUT2D eigenvalue weighted by Gasteiger charge is 2.06. The first-order valence-corrected chi connectivity index (χ1v) is 6.28. The van der Waals surface area contributed by atoms with Gasteiger partial charge in [0, 0.05) is 11.3 Å². The number of benzene rings is 1. The monoisotopic (exact) mass is 259 g/mol. The predicted octanol–water partition coefficient (Wildman–Crippen LogP) is 2.49. The van der Waals surface area contributed by atoms with Gasteiger partial charge in [0.1, 0.15) is 4.99 Å². The number of nitrogens with zero attached hydrogens (tertiary/aromatic N) is 2. The standard InChI is InChI=1S/C14H17N3S/c1-9-6-12(14(15)18)4-5-13(9)8-17-11(3)7-10(2)16-17/h4-7H,8H2,1-3H3,(H2,15,18). The fraction of sp³-hybridized carbons (Fsp3) is 0.286. The summed E-state index contributed by atoms with van der Waals surface area (Å²) in [6.07, 6.45) is 0. The van der Waals surface area contributed by atoms with Crippen LogP contribution in [0.15, 0.2) is 24.3 Å². The van der Waals surface area contributed by atoms with Crippen molar-refractivity contribution in [1.29, 1.82) is 0 Å². The van der Waals surface area contributed by atoms with E-state index in [-0.39, 0.29) is 0 Å². The highest BCUT2D eigenvalue weighted by Crippen LogP contribution is 2.14. The molecule has 1 aromatic carbocycles. The summed E-state index contributed by atoms with van der Waals surface area (Å²) >= 11 is 4.98. The number of aromatic nitrogens is 2. The molecular weight excluding hydrogens is 242 g/mol. The smallest absolute Gasteiger partial charge is 0.103 e. The van der Waals surface area contributed by atoms with Gasteiger partial charge < -0.3 is 5.73 Å². The summed E-state index contributed by atoms with van der Waals surface area (Å²) in [7, 11) is 0. The average Bonchev–Trinajstić information content (AvgIpc) is 2.60. The van der Waals surface area contributed by atoms with Crippen molar-refractivity contribution in [2.24, 2.45) is 5.73 Å². The van der Waals surface area contributed by atoms with Crippen LogP contribution in [-0.4, -0.2) is 14.8 Å². The first-order valence-electron chi connectivity index (χ1n) is 5.88. The van der Waals surface area contributed by atoms with E-state index in [1.165, 1.54) is 16.8 Å². The highest BCUT2D eigenvalue weighted by atomic mass is 32.1. The molecule has 0 saturated heterocycles. The molecule has 18 heavy (non-hydrogen) atoms. The maximum absolute atomic E-state index is 5.63. The van der Waals surface area contributed by atoms with Crippen molar-refractivity contribution < 1.29 is 0 Å². The molecule has 0 atom stereocenters. The van der Waals surface area contributed by atoms with Gasteiger partial charge in [0.15, 0.2) is 0 Å². The van der Waals surface area contributed by atoms with Crippen molar-refractivity contribution >= 4 is 17.2 Å². The second-order valence-electron chi connectivity index (χ2n) is 4.59. The Labute approximate surface area is 113 Å². The van der Waals surface area contributed by atoms with Crippen LogP contribution in [0.3, 0.4) is 0 Å². The number of nitrogens with two attached hydrogens (primary N) is 1. The molecule has 4 heteroatoms. The van der Waals surface area contributed by atoms with Crippen LogP contribution in [0.1, 0.15) is 28.1 Å². The first kappa shape index (κ1) is 12.8. The van der Waals surface area contributed by atoms with Crippen LogP contribution in [0, 0.1) is 20.8 Å². The Kier molecular flexibility index (Phi) is 3.48. The third-order valence-electron chi connectivity index (χ3n) is 3.05. The molecule has 0 fully saturated rings. The van der Waals surface area contributed by atoms with Gasteiger partial charge in [0.2, 0.25) is 0 Å². The molecule has 0 amide bonds. The highest BCUT2D eigenvalue weighted by molar-refractivity contribution is 7.80. The van der Waals surface area contributed by atoms with Crippen LogP contribution in [0.4, 0.5) is 0 Å². The zero-order chi connectivity index (χ0) is 13.3. The lowest BCUT2D eigenvalue weighted by molar-refractivity contribution is 0.656. The Balaban J connectivity index is 2.30. The van der Waals surface area contributed by atoms with Gasteiger partial charge in [0.25, 0.3) is 0 Å². The largest absolute Gasteiger partial charge is 0.389 e. The number of aryl methyl sites for hydroxylation is 3. The minimum absolute atomic E-state index is 0.441. The van der Waals surface area contributed by atoms with Gasteiger partial charge >= 0.3 is 0 Å². The van der Waals surface area contributed by atoms with E-state index in [0.717, 1.165) is 17.8 Å². The summed E-state index contributed by atoms with van der Waals surface area (Å²) in [6, 6.07) is 8.15. The summed E-state index contributed by atoms with van der Waals surface area (Å²) in [6.45, 7) is 6.93. The summed E-state index contributed by atoms with van der Waals surface area (Å²) in [5, 5.41) is 4.47. The summed E-state index contributed by atoms with van der Waals surface area (Å²) < 4.78 is 2.01. The lowest BCUT2D eigenvalue weighted by atomic mass is 10.1. The lowest BCUT2D eigenvalue weighted by Gasteiger charge is -2.09. The molecule has 0 aliphatic heterocycles. The lowest BCUT2D eigenvalue weighted by Crippen LogP contribution is -2.11. The van der Waals surface area contributed by atoms with Crippen molar-refractivity contribution in [3.8, 4) is 0 Å². The van der Waals surface area contributed by atoms with E-state index >= 15 is 0 Å². The summed E-state index contributed by atoms with van der Waals surface area (Å²) in [5.74, 6) is 0. The molecule has 0 unspecified atom stereocenters.